The Bertz CT molecular complexity index is 443. The summed E-state index contributed by atoms with van der Waals surface area (Å²) >= 11 is 9.08. The molecule has 1 saturated heterocycles. The minimum absolute atomic E-state index is 0.0434. The van der Waals surface area contributed by atoms with E-state index in [4.69, 9.17) is 16.3 Å². The molecule has 0 N–H and O–H groups in total. The van der Waals surface area contributed by atoms with Gasteiger partial charge in [-0.2, -0.15) is 13.2 Å². The van der Waals surface area contributed by atoms with E-state index in [1.807, 2.05) is 0 Å². The average molecular weight is 344 g/mol. The molecule has 0 aromatic heterocycles. The van der Waals surface area contributed by atoms with E-state index < -0.39 is 11.8 Å². The summed E-state index contributed by atoms with van der Waals surface area (Å²) in [7, 11) is 0. The molecule has 1 atom stereocenters. The van der Waals surface area contributed by atoms with Gasteiger partial charge in [-0.05, 0) is 30.5 Å². The van der Waals surface area contributed by atoms with Crippen LogP contribution in [0.4, 0.5) is 13.2 Å². The quantitative estimate of drug-likeness (QED) is 0.769. The van der Waals surface area contributed by atoms with Gasteiger partial charge >= 0.3 is 6.18 Å². The van der Waals surface area contributed by atoms with Crippen molar-refractivity contribution < 1.29 is 17.9 Å². The number of aryl methyl sites for hydroxylation is 1. The van der Waals surface area contributed by atoms with Crippen molar-refractivity contribution in [2.75, 3.05) is 6.61 Å². The summed E-state index contributed by atoms with van der Waals surface area (Å²) in [6, 6.07) is 5.08. The Morgan fingerprint density at radius 1 is 1.39 bits per heavy atom. The minimum Gasteiger partial charge on any atom is -0.365 e. The zero-order valence-corrected chi connectivity index (χ0v) is 11.7. The number of hydrogen-bond donors (Lipinski definition) is 0. The van der Waals surface area contributed by atoms with Crippen LogP contribution in [0, 0.1) is 0 Å². The van der Waals surface area contributed by atoms with Gasteiger partial charge in [0.2, 0.25) is 0 Å². The number of hydrogen-bond acceptors (Lipinski definition) is 1. The fourth-order valence-electron chi connectivity index (χ4n) is 1.97. The van der Waals surface area contributed by atoms with Crippen molar-refractivity contribution in [1.82, 2.24) is 0 Å². The second-order valence-corrected chi connectivity index (χ2v) is 5.62. The van der Waals surface area contributed by atoms with Crippen LogP contribution < -0.4 is 0 Å². The van der Waals surface area contributed by atoms with Crippen LogP contribution in [0.3, 0.4) is 0 Å². The Labute approximate surface area is 116 Å². The van der Waals surface area contributed by atoms with Crippen LogP contribution in [0.2, 0.25) is 5.02 Å². The maximum absolute atomic E-state index is 12.9. The summed E-state index contributed by atoms with van der Waals surface area (Å²) in [6.07, 6.45) is -4.01. The molecule has 1 nitrogen and oxygen atoms in total. The summed E-state index contributed by atoms with van der Waals surface area (Å²) in [6.45, 7) is 0.182. The maximum Gasteiger partial charge on any atom is 0.417 e. The van der Waals surface area contributed by atoms with Gasteiger partial charge in [-0.15, -0.1) is 0 Å². The monoisotopic (exact) mass is 342 g/mol. The van der Waals surface area contributed by atoms with Crippen molar-refractivity contribution in [3.05, 3.63) is 33.3 Å². The van der Waals surface area contributed by atoms with E-state index in [0.717, 1.165) is 10.0 Å². The third-order valence-electron chi connectivity index (χ3n) is 3.21. The molecule has 1 aliphatic heterocycles. The predicted octanol–water partition coefficient (Wildman–Crippen LogP) is 4.76. The molecule has 1 unspecified atom stereocenters. The Morgan fingerprint density at radius 2 is 2.06 bits per heavy atom. The topological polar surface area (TPSA) is 9.23 Å². The number of alkyl halides is 3. The third-order valence-corrected chi connectivity index (χ3v) is 4.19. The first-order valence-corrected chi connectivity index (χ1v) is 6.66. The molecule has 6 heteroatoms. The standard InChI is InChI=1S/C12H11BrClF3O/c13-10-7-9(14)2-1-8(10)3-4-11(5-6-18-11)12(15,16)17/h1-2,7H,3-6H2. The van der Waals surface area contributed by atoms with E-state index in [0.29, 0.717) is 11.4 Å². The lowest BCUT2D eigenvalue weighted by Crippen LogP contribution is -2.55. The molecule has 0 saturated carbocycles. The van der Waals surface area contributed by atoms with Gasteiger partial charge in [0.05, 0.1) is 6.61 Å². The molecule has 18 heavy (non-hydrogen) atoms. The van der Waals surface area contributed by atoms with E-state index in [9.17, 15) is 13.2 Å². The molecular formula is C12H11BrClF3O. The lowest BCUT2D eigenvalue weighted by molar-refractivity contribution is -0.327. The van der Waals surface area contributed by atoms with E-state index in [1.54, 1.807) is 18.2 Å². The second kappa shape index (κ2) is 5.02. The zero-order chi connectivity index (χ0) is 13.4. The van der Waals surface area contributed by atoms with Crippen LogP contribution in [0.1, 0.15) is 18.4 Å². The number of rotatable bonds is 3. The summed E-state index contributed by atoms with van der Waals surface area (Å²) in [5.41, 5.74) is -1.15. The zero-order valence-electron chi connectivity index (χ0n) is 9.36. The van der Waals surface area contributed by atoms with E-state index in [1.165, 1.54) is 0 Å². The van der Waals surface area contributed by atoms with Gasteiger partial charge < -0.3 is 4.74 Å². The van der Waals surface area contributed by atoms with Gasteiger partial charge in [0.15, 0.2) is 5.60 Å². The third kappa shape index (κ3) is 2.68. The van der Waals surface area contributed by atoms with Gasteiger partial charge in [-0.25, -0.2) is 0 Å². The Morgan fingerprint density at radius 3 is 2.50 bits per heavy atom. The van der Waals surface area contributed by atoms with E-state index in [2.05, 4.69) is 15.9 Å². The molecule has 0 aliphatic carbocycles. The van der Waals surface area contributed by atoms with Crippen molar-refractivity contribution in [2.45, 2.75) is 31.0 Å². The Kier molecular flexibility index (Phi) is 3.95. The molecule has 2 rings (SSSR count). The van der Waals surface area contributed by atoms with Crippen molar-refractivity contribution in [3.8, 4) is 0 Å². The highest BCUT2D eigenvalue weighted by Gasteiger charge is 2.59. The lowest BCUT2D eigenvalue weighted by Gasteiger charge is -2.43. The highest BCUT2D eigenvalue weighted by atomic mass is 79.9. The van der Waals surface area contributed by atoms with Gasteiger partial charge in [0.25, 0.3) is 0 Å². The van der Waals surface area contributed by atoms with E-state index in [-0.39, 0.29) is 19.4 Å². The molecule has 0 amide bonds. The molecule has 0 spiro atoms. The Balaban J connectivity index is 2.07. The fourth-order valence-corrected chi connectivity index (χ4v) is 2.85. The van der Waals surface area contributed by atoms with E-state index >= 15 is 0 Å². The van der Waals surface area contributed by atoms with Crippen molar-refractivity contribution in [1.29, 1.82) is 0 Å². The van der Waals surface area contributed by atoms with Crippen LogP contribution in [-0.4, -0.2) is 18.4 Å². The summed E-state index contributed by atoms with van der Waals surface area (Å²) in [5.74, 6) is 0. The van der Waals surface area contributed by atoms with Gasteiger partial charge in [-0.3, -0.25) is 0 Å². The average Bonchev–Trinajstić information content (AvgIpc) is 2.16. The number of benzene rings is 1. The molecule has 1 fully saturated rings. The molecule has 1 aromatic rings. The molecule has 0 radical (unpaired) electrons. The first kappa shape index (κ1) is 14.2. The maximum atomic E-state index is 12.9. The Hall–Kier alpha value is -0.260. The molecule has 0 bridgehead atoms. The summed E-state index contributed by atoms with van der Waals surface area (Å²) in [5, 5.41) is 0.552. The smallest absolute Gasteiger partial charge is 0.365 e. The van der Waals surface area contributed by atoms with Crippen LogP contribution in [0.25, 0.3) is 0 Å². The highest BCUT2D eigenvalue weighted by molar-refractivity contribution is 9.10. The summed E-state index contributed by atoms with van der Waals surface area (Å²) < 4.78 is 44.1. The molecule has 1 aliphatic rings. The largest absolute Gasteiger partial charge is 0.417 e. The molecule has 1 aromatic carbocycles. The van der Waals surface area contributed by atoms with Crippen LogP contribution in [0.15, 0.2) is 22.7 Å². The van der Waals surface area contributed by atoms with Crippen molar-refractivity contribution in [2.24, 2.45) is 0 Å². The molecule has 1 heterocycles. The van der Waals surface area contributed by atoms with Gasteiger partial charge in [0, 0.05) is 15.9 Å². The first-order chi connectivity index (χ1) is 8.34. The second-order valence-electron chi connectivity index (χ2n) is 4.33. The van der Waals surface area contributed by atoms with Crippen molar-refractivity contribution >= 4 is 27.5 Å². The van der Waals surface area contributed by atoms with Crippen LogP contribution in [-0.2, 0) is 11.2 Å². The highest BCUT2D eigenvalue weighted by Crippen LogP contribution is 2.45. The summed E-state index contributed by atoms with van der Waals surface area (Å²) in [4.78, 5) is 0. The molecular weight excluding hydrogens is 332 g/mol. The predicted molar refractivity (Wildman–Crippen MR) is 66.8 cm³/mol. The van der Waals surface area contributed by atoms with Crippen LogP contribution in [0.5, 0.6) is 0 Å². The minimum atomic E-state index is -4.30. The van der Waals surface area contributed by atoms with Gasteiger partial charge in [0.1, 0.15) is 0 Å². The van der Waals surface area contributed by atoms with Crippen molar-refractivity contribution in [3.63, 3.8) is 0 Å². The van der Waals surface area contributed by atoms with Crippen LogP contribution >= 0.6 is 27.5 Å². The lowest BCUT2D eigenvalue weighted by atomic mass is 9.87. The normalized spacial score (nSPS) is 23.8. The fraction of sp³-hybridized carbons (Fsp3) is 0.500. The first-order valence-electron chi connectivity index (χ1n) is 5.49. The SMILES string of the molecule is FC(F)(F)C1(CCc2ccc(Cl)cc2Br)CCO1. The molecule has 100 valence electrons. The number of halogens is 5. The number of ether oxygens (including phenoxy) is 1. The van der Waals surface area contributed by atoms with Gasteiger partial charge in [-0.1, -0.05) is 33.6 Å².